The third-order valence-electron chi connectivity index (χ3n) is 4.47. The number of piperazine rings is 1. The van der Waals surface area contributed by atoms with Gasteiger partial charge in [0.15, 0.2) is 0 Å². The van der Waals surface area contributed by atoms with Gasteiger partial charge >= 0.3 is 0 Å². The number of ether oxygens (including phenoxy) is 1. The van der Waals surface area contributed by atoms with Gasteiger partial charge in [-0.15, -0.1) is 12.4 Å². The highest BCUT2D eigenvalue weighted by Gasteiger charge is 2.30. The molecule has 0 radical (unpaired) electrons. The lowest BCUT2D eigenvalue weighted by Crippen LogP contribution is -2.50. The van der Waals surface area contributed by atoms with Crippen molar-refractivity contribution < 1.29 is 14.3 Å². The second-order valence-corrected chi connectivity index (χ2v) is 6.05. The van der Waals surface area contributed by atoms with Gasteiger partial charge in [0, 0.05) is 38.8 Å². The van der Waals surface area contributed by atoms with Crippen LogP contribution in [0.3, 0.4) is 0 Å². The van der Waals surface area contributed by atoms with Gasteiger partial charge in [-0.25, -0.2) is 0 Å². The number of carbonyl (C=O) groups excluding carboxylic acids is 2. The molecule has 2 amide bonds. The van der Waals surface area contributed by atoms with E-state index in [1.165, 1.54) is 0 Å². The number of nitrogens with zero attached hydrogens (tertiary/aromatic N) is 2. The molecule has 7 heteroatoms. The molecule has 0 spiro atoms. The molecule has 1 N–H and O–H groups in total. The Kier molecular flexibility index (Phi) is 6.45. The summed E-state index contributed by atoms with van der Waals surface area (Å²) in [7, 11) is 1.71. The predicted octanol–water partition coefficient (Wildman–Crippen LogP) is 0.865. The van der Waals surface area contributed by atoms with Crippen molar-refractivity contribution in [2.75, 3.05) is 46.4 Å². The number of nitrogens with one attached hydrogen (secondary N) is 1. The Morgan fingerprint density at radius 1 is 1.29 bits per heavy atom. The molecule has 0 saturated carbocycles. The number of carbonyl (C=O) groups is 2. The van der Waals surface area contributed by atoms with Crippen molar-refractivity contribution in [3.63, 3.8) is 0 Å². The van der Waals surface area contributed by atoms with Gasteiger partial charge in [0.2, 0.25) is 11.8 Å². The summed E-state index contributed by atoms with van der Waals surface area (Å²) in [6.45, 7) is 3.72. The fourth-order valence-corrected chi connectivity index (χ4v) is 3.16. The number of amides is 2. The van der Waals surface area contributed by atoms with Crippen molar-refractivity contribution >= 4 is 24.2 Å². The molecule has 0 bridgehead atoms. The van der Waals surface area contributed by atoms with Crippen LogP contribution in [0.25, 0.3) is 0 Å². The van der Waals surface area contributed by atoms with E-state index in [4.69, 9.17) is 4.74 Å². The zero-order chi connectivity index (χ0) is 16.2. The van der Waals surface area contributed by atoms with E-state index in [1.807, 2.05) is 29.2 Å². The first-order valence-corrected chi connectivity index (χ1v) is 8.12. The molecule has 3 rings (SSSR count). The van der Waals surface area contributed by atoms with Gasteiger partial charge in [-0.05, 0) is 12.5 Å². The second-order valence-electron chi connectivity index (χ2n) is 6.05. The van der Waals surface area contributed by atoms with Gasteiger partial charge in [-0.1, -0.05) is 18.2 Å². The molecule has 1 aromatic carbocycles. The molecule has 6 nitrogen and oxygen atoms in total. The minimum atomic E-state index is -0.222. The van der Waals surface area contributed by atoms with Crippen molar-refractivity contribution in [3.8, 4) is 5.75 Å². The van der Waals surface area contributed by atoms with E-state index in [9.17, 15) is 9.59 Å². The Morgan fingerprint density at radius 2 is 2.00 bits per heavy atom. The molecule has 2 aliphatic heterocycles. The van der Waals surface area contributed by atoms with Crippen LogP contribution >= 0.6 is 12.4 Å². The maximum Gasteiger partial charge on any atom is 0.242 e. The fourth-order valence-electron chi connectivity index (χ4n) is 3.16. The summed E-state index contributed by atoms with van der Waals surface area (Å²) in [6.07, 6.45) is 0.655. The topological polar surface area (TPSA) is 61.9 Å². The SMILES string of the molecule is CN(CC(=O)N1CCNCC1)C(=O)C1CCOc2ccccc21.Cl. The predicted molar refractivity (Wildman–Crippen MR) is 93.6 cm³/mol. The van der Waals surface area contributed by atoms with Crippen LogP contribution in [-0.4, -0.2) is 68.0 Å². The van der Waals surface area contributed by atoms with Gasteiger partial charge < -0.3 is 19.9 Å². The highest BCUT2D eigenvalue weighted by atomic mass is 35.5. The van der Waals surface area contributed by atoms with E-state index in [1.54, 1.807) is 11.9 Å². The molecular weight excluding hydrogens is 330 g/mol. The van der Waals surface area contributed by atoms with Crippen LogP contribution in [0.5, 0.6) is 5.75 Å². The third-order valence-corrected chi connectivity index (χ3v) is 4.47. The molecule has 1 atom stereocenters. The summed E-state index contributed by atoms with van der Waals surface area (Å²) in [4.78, 5) is 28.5. The number of hydrogen-bond acceptors (Lipinski definition) is 4. The van der Waals surface area contributed by atoms with E-state index < -0.39 is 0 Å². The van der Waals surface area contributed by atoms with Gasteiger partial charge in [0.05, 0.1) is 19.1 Å². The summed E-state index contributed by atoms with van der Waals surface area (Å²) < 4.78 is 5.61. The Morgan fingerprint density at radius 3 is 2.75 bits per heavy atom. The summed E-state index contributed by atoms with van der Waals surface area (Å²) in [5, 5.41) is 3.22. The van der Waals surface area contributed by atoms with E-state index in [-0.39, 0.29) is 36.7 Å². The Labute approximate surface area is 148 Å². The smallest absolute Gasteiger partial charge is 0.242 e. The third kappa shape index (κ3) is 3.99. The van der Waals surface area contributed by atoms with Gasteiger partial charge in [0.1, 0.15) is 5.75 Å². The average molecular weight is 354 g/mol. The first-order valence-electron chi connectivity index (χ1n) is 8.12. The molecule has 2 aliphatic rings. The van der Waals surface area contributed by atoms with Gasteiger partial charge in [-0.2, -0.15) is 0 Å². The van der Waals surface area contributed by atoms with Crippen molar-refractivity contribution in [2.24, 2.45) is 0 Å². The maximum absolute atomic E-state index is 12.8. The second kappa shape index (κ2) is 8.35. The van der Waals surface area contributed by atoms with Crippen molar-refractivity contribution in [1.82, 2.24) is 15.1 Å². The van der Waals surface area contributed by atoms with Gasteiger partial charge in [-0.3, -0.25) is 9.59 Å². The molecule has 2 heterocycles. The molecule has 1 fully saturated rings. The molecule has 1 unspecified atom stereocenters. The van der Waals surface area contributed by atoms with Crippen molar-refractivity contribution in [3.05, 3.63) is 29.8 Å². The maximum atomic E-state index is 12.8. The number of halogens is 1. The Bertz CT molecular complexity index is 590. The highest BCUT2D eigenvalue weighted by Crippen LogP contribution is 2.34. The summed E-state index contributed by atoms with van der Waals surface area (Å²) in [6, 6.07) is 7.65. The lowest BCUT2D eigenvalue weighted by Gasteiger charge is -2.31. The molecule has 0 aliphatic carbocycles. The monoisotopic (exact) mass is 353 g/mol. The van der Waals surface area contributed by atoms with E-state index in [2.05, 4.69) is 5.32 Å². The van der Waals surface area contributed by atoms with E-state index >= 15 is 0 Å². The van der Waals surface area contributed by atoms with Crippen LogP contribution in [0.4, 0.5) is 0 Å². The number of fused-ring (bicyclic) bond motifs is 1. The van der Waals surface area contributed by atoms with Crippen molar-refractivity contribution in [1.29, 1.82) is 0 Å². The Balaban J connectivity index is 0.00000208. The van der Waals surface area contributed by atoms with Crippen LogP contribution in [0.2, 0.25) is 0 Å². The average Bonchev–Trinajstić information content (AvgIpc) is 2.61. The van der Waals surface area contributed by atoms with Crippen LogP contribution in [0, 0.1) is 0 Å². The molecule has 1 saturated heterocycles. The minimum absolute atomic E-state index is 0. The summed E-state index contributed by atoms with van der Waals surface area (Å²) >= 11 is 0. The van der Waals surface area contributed by atoms with Crippen molar-refractivity contribution in [2.45, 2.75) is 12.3 Å². The molecule has 1 aromatic rings. The molecule has 0 aromatic heterocycles. The van der Waals surface area contributed by atoms with Gasteiger partial charge in [0.25, 0.3) is 0 Å². The standard InChI is InChI=1S/C17H23N3O3.ClH/c1-19(12-16(21)20-9-7-18-8-10-20)17(22)14-6-11-23-15-5-3-2-4-13(14)15;/h2-5,14,18H,6-12H2,1H3;1H. The summed E-state index contributed by atoms with van der Waals surface area (Å²) in [5.74, 6) is 0.562. The van der Waals surface area contributed by atoms with Crippen LogP contribution < -0.4 is 10.1 Å². The summed E-state index contributed by atoms with van der Waals surface area (Å²) in [5.41, 5.74) is 0.922. The molecule has 24 heavy (non-hydrogen) atoms. The van der Waals surface area contributed by atoms with E-state index in [0.29, 0.717) is 26.1 Å². The molecule has 132 valence electrons. The van der Waals surface area contributed by atoms with Crippen LogP contribution in [-0.2, 0) is 9.59 Å². The van der Waals surface area contributed by atoms with Crippen LogP contribution in [0.15, 0.2) is 24.3 Å². The first kappa shape index (κ1) is 18.5. The lowest BCUT2D eigenvalue weighted by molar-refractivity contribution is -0.140. The van der Waals surface area contributed by atoms with Crippen LogP contribution in [0.1, 0.15) is 17.9 Å². The first-order chi connectivity index (χ1) is 11.2. The zero-order valence-electron chi connectivity index (χ0n) is 13.9. The number of hydrogen-bond donors (Lipinski definition) is 1. The number of rotatable bonds is 3. The number of para-hydroxylation sites is 1. The normalized spacial score (nSPS) is 19.5. The zero-order valence-corrected chi connectivity index (χ0v) is 14.7. The fraction of sp³-hybridized carbons (Fsp3) is 0.529. The lowest BCUT2D eigenvalue weighted by atomic mass is 9.92. The minimum Gasteiger partial charge on any atom is -0.493 e. The number of benzene rings is 1. The molecular formula is C17H24ClN3O3. The largest absolute Gasteiger partial charge is 0.493 e. The number of likely N-dealkylation sites (N-methyl/N-ethyl adjacent to an activating group) is 1. The highest BCUT2D eigenvalue weighted by molar-refractivity contribution is 5.89. The quantitative estimate of drug-likeness (QED) is 0.875. The van der Waals surface area contributed by atoms with E-state index in [0.717, 1.165) is 24.4 Å². The Hall–Kier alpha value is -1.79.